The van der Waals surface area contributed by atoms with Crippen LogP contribution in [0.15, 0.2) is 77.7 Å². The summed E-state index contributed by atoms with van der Waals surface area (Å²) < 4.78 is 47.8. The van der Waals surface area contributed by atoms with E-state index in [0.717, 1.165) is 16.4 Å². The molecule has 3 aromatic carbocycles. The number of ether oxygens (including phenoxy) is 1. The van der Waals surface area contributed by atoms with Crippen molar-refractivity contribution in [1.82, 2.24) is 10.2 Å². The molecule has 11 heteroatoms. The monoisotopic (exact) mass is 603 g/mol. The summed E-state index contributed by atoms with van der Waals surface area (Å²) in [4.78, 5) is 28.6. The third-order valence-electron chi connectivity index (χ3n) is 6.36. The summed E-state index contributed by atoms with van der Waals surface area (Å²) in [5, 5.41) is 2.59. The van der Waals surface area contributed by atoms with Crippen LogP contribution in [0.1, 0.15) is 32.8 Å². The largest absolute Gasteiger partial charge is 0.497 e. The Kier molecular flexibility index (Phi) is 11.1. The number of benzene rings is 3. The Morgan fingerprint density at radius 1 is 1.02 bits per heavy atom. The lowest BCUT2D eigenvalue weighted by atomic mass is 10.1. The van der Waals surface area contributed by atoms with E-state index in [2.05, 4.69) is 5.32 Å². The average molecular weight is 604 g/mol. The van der Waals surface area contributed by atoms with Gasteiger partial charge in [-0.25, -0.2) is 12.8 Å². The van der Waals surface area contributed by atoms with E-state index >= 15 is 0 Å². The third-order valence-corrected chi connectivity index (χ3v) is 8.44. The van der Waals surface area contributed by atoms with Crippen LogP contribution in [0.25, 0.3) is 0 Å². The van der Waals surface area contributed by atoms with Gasteiger partial charge in [-0.3, -0.25) is 13.9 Å². The maximum absolute atomic E-state index is 14.1. The van der Waals surface area contributed by atoms with Crippen molar-refractivity contribution >= 4 is 39.1 Å². The zero-order valence-electron chi connectivity index (χ0n) is 23.5. The van der Waals surface area contributed by atoms with Crippen molar-refractivity contribution in [3.63, 3.8) is 0 Å². The second-order valence-corrected chi connectivity index (χ2v) is 12.1. The lowest BCUT2D eigenvalue weighted by Crippen LogP contribution is -2.52. The second-order valence-electron chi connectivity index (χ2n) is 9.86. The van der Waals surface area contributed by atoms with E-state index in [1.165, 1.54) is 30.2 Å². The molecule has 220 valence electrons. The molecule has 0 aliphatic heterocycles. The molecule has 41 heavy (non-hydrogen) atoms. The molecule has 0 fully saturated rings. The highest BCUT2D eigenvalue weighted by molar-refractivity contribution is 7.92. The highest BCUT2D eigenvalue weighted by atomic mass is 35.5. The van der Waals surface area contributed by atoms with Crippen LogP contribution in [-0.2, 0) is 26.2 Å². The number of halogens is 2. The molecule has 0 saturated carbocycles. The molecule has 0 bridgehead atoms. The molecule has 0 aliphatic rings. The van der Waals surface area contributed by atoms with E-state index in [9.17, 15) is 22.4 Å². The number of nitrogens with one attached hydrogen (secondary N) is 1. The number of carbonyl (C=O) groups excluding carboxylic acids is 2. The van der Waals surface area contributed by atoms with Gasteiger partial charge >= 0.3 is 0 Å². The molecule has 0 aromatic heterocycles. The molecule has 0 radical (unpaired) electrons. The van der Waals surface area contributed by atoms with Crippen LogP contribution in [0.3, 0.4) is 0 Å². The fourth-order valence-corrected chi connectivity index (χ4v) is 5.80. The SMILES string of the molecule is CC[C@@H](C(=O)NCC(C)C)N(Cc1cccc(OC)c1)C(=O)CN(c1ccc(F)c(Cl)c1)S(=O)(=O)c1ccccc1. The summed E-state index contributed by atoms with van der Waals surface area (Å²) in [7, 11) is -2.76. The minimum atomic E-state index is -4.29. The smallest absolute Gasteiger partial charge is 0.264 e. The van der Waals surface area contributed by atoms with Crippen molar-refractivity contribution in [1.29, 1.82) is 0 Å². The number of sulfonamides is 1. The Morgan fingerprint density at radius 2 is 1.73 bits per heavy atom. The van der Waals surface area contributed by atoms with Crippen molar-refractivity contribution < 1.29 is 27.1 Å². The lowest BCUT2D eigenvalue weighted by Gasteiger charge is -2.33. The van der Waals surface area contributed by atoms with Crippen LogP contribution >= 0.6 is 11.6 Å². The highest BCUT2D eigenvalue weighted by Gasteiger charge is 2.34. The number of carbonyl (C=O) groups is 2. The Hall–Kier alpha value is -3.63. The number of hydrogen-bond acceptors (Lipinski definition) is 5. The summed E-state index contributed by atoms with van der Waals surface area (Å²) in [6.45, 7) is 5.48. The number of anilines is 1. The van der Waals surface area contributed by atoms with Crippen LogP contribution in [0.5, 0.6) is 5.75 Å². The Labute approximate surface area is 246 Å². The minimum absolute atomic E-state index is 0.00670. The predicted octanol–water partition coefficient (Wildman–Crippen LogP) is 5.26. The fraction of sp³-hybridized carbons (Fsp3) is 0.333. The first-order valence-corrected chi connectivity index (χ1v) is 15.0. The van der Waals surface area contributed by atoms with Gasteiger partial charge in [0.15, 0.2) is 0 Å². The van der Waals surface area contributed by atoms with Gasteiger partial charge in [-0.15, -0.1) is 0 Å². The Morgan fingerprint density at radius 3 is 2.34 bits per heavy atom. The van der Waals surface area contributed by atoms with Crippen molar-refractivity contribution in [3.8, 4) is 5.75 Å². The van der Waals surface area contributed by atoms with Crippen LogP contribution in [-0.4, -0.2) is 51.4 Å². The molecule has 2 amide bonds. The van der Waals surface area contributed by atoms with Crippen molar-refractivity contribution in [2.24, 2.45) is 5.92 Å². The summed E-state index contributed by atoms with van der Waals surface area (Å²) in [6, 6.07) is 17.2. The molecule has 0 heterocycles. The molecular weight excluding hydrogens is 569 g/mol. The molecule has 0 aliphatic carbocycles. The summed E-state index contributed by atoms with van der Waals surface area (Å²) in [6.07, 6.45) is 0.285. The summed E-state index contributed by atoms with van der Waals surface area (Å²) in [5.41, 5.74) is 0.697. The molecule has 3 aromatic rings. The molecule has 8 nitrogen and oxygen atoms in total. The van der Waals surface area contributed by atoms with Gasteiger partial charge in [0.1, 0.15) is 24.2 Å². The lowest BCUT2D eigenvalue weighted by molar-refractivity contribution is -0.140. The van der Waals surface area contributed by atoms with Gasteiger partial charge in [0.2, 0.25) is 11.8 Å². The van der Waals surface area contributed by atoms with Crippen molar-refractivity contribution in [2.45, 2.75) is 44.7 Å². The number of amides is 2. The summed E-state index contributed by atoms with van der Waals surface area (Å²) in [5.74, 6) is -0.944. The number of rotatable bonds is 13. The van der Waals surface area contributed by atoms with E-state index in [1.807, 2.05) is 13.8 Å². The number of nitrogens with zero attached hydrogens (tertiary/aromatic N) is 2. The van der Waals surface area contributed by atoms with Gasteiger partial charge < -0.3 is 15.0 Å². The Balaban J connectivity index is 2.07. The van der Waals surface area contributed by atoms with Crippen molar-refractivity contribution in [2.75, 3.05) is 24.5 Å². The number of methoxy groups -OCH3 is 1. The third kappa shape index (κ3) is 8.20. The van der Waals surface area contributed by atoms with Crippen molar-refractivity contribution in [3.05, 3.63) is 89.2 Å². The van der Waals surface area contributed by atoms with E-state index in [0.29, 0.717) is 17.9 Å². The Bertz CT molecular complexity index is 1450. The maximum Gasteiger partial charge on any atom is 0.264 e. The first kappa shape index (κ1) is 31.9. The highest BCUT2D eigenvalue weighted by Crippen LogP contribution is 2.28. The van der Waals surface area contributed by atoms with Gasteiger partial charge in [-0.2, -0.15) is 0 Å². The maximum atomic E-state index is 14.1. The van der Waals surface area contributed by atoms with E-state index in [1.54, 1.807) is 49.4 Å². The first-order valence-electron chi connectivity index (χ1n) is 13.2. The average Bonchev–Trinajstić information content (AvgIpc) is 2.96. The number of hydrogen-bond donors (Lipinski definition) is 1. The minimum Gasteiger partial charge on any atom is -0.497 e. The molecular formula is C30H35ClFN3O5S. The fourth-order valence-electron chi connectivity index (χ4n) is 4.20. The van der Waals surface area contributed by atoms with Gasteiger partial charge in [-0.05, 0) is 60.4 Å². The van der Waals surface area contributed by atoms with Crippen LogP contribution < -0.4 is 14.4 Å². The molecule has 0 spiro atoms. The standard InChI is InChI=1S/C30H35ClFN3O5S/c1-5-28(30(37)33-18-21(2)3)34(19-22-10-9-11-24(16-22)40-4)29(36)20-35(23-14-15-27(32)26(31)17-23)41(38,39)25-12-7-6-8-13-25/h6-17,21,28H,5,18-20H2,1-4H3,(H,33,37)/t28-/m0/s1. The zero-order chi connectivity index (χ0) is 30.2. The van der Waals surface area contributed by atoms with Gasteiger partial charge in [0.05, 0.1) is 22.7 Å². The quantitative estimate of drug-likeness (QED) is 0.287. The molecule has 1 N–H and O–H groups in total. The topological polar surface area (TPSA) is 96.0 Å². The molecule has 1 atom stereocenters. The molecule has 3 rings (SSSR count). The normalized spacial score (nSPS) is 12.1. The van der Waals surface area contributed by atoms with E-state index in [4.69, 9.17) is 16.3 Å². The first-order chi connectivity index (χ1) is 19.5. The molecule has 0 saturated heterocycles. The summed E-state index contributed by atoms with van der Waals surface area (Å²) >= 11 is 6.01. The van der Waals surface area contributed by atoms with Crippen LogP contribution in [0.4, 0.5) is 10.1 Å². The molecule has 0 unspecified atom stereocenters. The predicted molar refractivity (Wildman–Crippen MR) is 158 cm³/mol. The second kappa shape index (κ2) is 14.3. The van der Waals surface area contributed by atoms with Gasteiger partial charge in [0, 0.05) is 13.1 Å². The van der Waals surface area contributed by atoms with E-state index < -0.39 is 34.3 Å². The van der Waals surface area contributed by atoms with Gasteiger partial charge in [-0.1, -0.05) is 62.7 Å². The van der Waals surface area contributed by atoms with Crippen LogP contribution in [0, 0.1) is 11.7 Å². The van der Waals surface area contributed by atoms with Gasteiger partial charge in [0.25, 0.3) is 10.0 Å². The zero-order valence-corrected chi connectivity index (χ0v) is 25.1. The van der Waals surface area contributed by atoms with E-state index in [-0.39, 0.29) is 40.4 Å². The van der Waals surface area contributed by atoms with Crippen LogP contribution in [0.2, 0.25) is 5.02 Å².